The molecule has 1 aromatic rings. The average Bonchev–Trinajstić information content (AvgIpc) is 2.35. The number of piperidine rings is 1. The third kappa shape index (κ3) is 2.72. The molecule has 18 heavy (non-hydrogen) atoms. The van der Waals surface area contributed by atoms with Crippen molar-refractivity contribution in [3.8, 4) is 0 Å². The Bertz CT molecular complexity index is 442. The van der Waals surface area contributed by atoms with Crippen molar-refractivity contribution >= 4 is 5.91 Å². The molecule has 1 heterocycles. The summed E-state index contributed by atoms with van der Waals surface area (Å²) in [6, 6.07) is 6.48. The van der Waals surface area contributed by atoms with Crippen LogP contribution in [-0.4, -0.2) is 24.5 Å². The highest BCUT2D eigenvalue weighted by Crippen LogP contribution is 2.14. The van der Waals surface area contributed by atoms with Crippen molar-refractivity contribution in [1.82, 2.24) is 10.6 Å². The van der Waals surface area contributed by atoms with E-state index in [-0.39, 0.29) is 11.9 Å². The monoisotopic (exact) mass is 246 g/mol. The van der Waals surface area contributed by atoms with E-state index < -0.39 is 0 Å². The van der Waals surface area contributed by atoms with Crippen molar-refractivity contribution in [2.24, 2.45) is 0 Å². The molecule has 2 atom stereocenters. The second-order valence-electron chi connectivity index (χ2n) is 5.21. The number of carbonyl (C=O) groups is 1. The zero-order valence-corrected chi connectivity index (χ0v) is 11.4. The molecule has 1 amide bonds. The molecule has 98 valence electrons. The quantitative estimate of drug-likeness (QED) is 0.839. The van der Waals surface area contributed by atoms with Gasteiger partial charge in [0, 0.05) is 17.6 Å². The number of amides is 1. The fraction of sp³-hybridized carbons (Fsp3) is 0.533. The van der Waals surface area contributed by atoms with E-state index in [1.165, 1.54) is 0 Å². The summed E-state index contributed by atoms with van der Waals surface area (Å²) in [5.74, 6) is 0.0525. The minimum absolute atomic E-state index is 0.0525. The molecule has 1 fully saturated rings. The molecule has 1 aliphatic heterocycles. The number of rotatable bonds is 2. The van der Waals surface area contributed by atoms with Crippen molar-refractivity contribution in [2.45, 2.75) is 45.7 Å². The Morgan fingerprint density at radius 2 is 2.17 bits per heavy atom. The molecule has 3 nitrogen and oxygen atoms in total. The highest BCUT2D eigenvalue weighted by atomic mass is 16.1. The fourth-order valence-corrected chi connectivity index (χ4v) is 2.48. The van der Waals surface area contributed by atoms with Crippen LogP contribution in [0.5, 0.6) is 0 Å². The molecule has 0 spiro atoms. The van der Waals surface area contributed by atoms with E-state index in [2.05, 4.69) is 17.6 Å². The Morgan fingerprint density at radius 3 is 2.89 bits per heavy atom. The lowest BCUT2D eigenvalue weighted by Crippen LogP contribution is -2.52. The van der Waals surface area contributed by atoms with Gasteiger partial charge in [-0.05, 0) is 57.4 Å². The Kier molecular flexibility index (Phi) is 4.02. The SMILES string of the molecule is Cc1cccc(C(=O)N[C@@H]2CCCN[C@H]2C)c1C. The van der Waals surface area contributed by atoms with Crippen LogP contribution in [0.1, 0.15) is 41.3 Å². The van der Waals surface area contributed by atoms with Gasteiger partial charge in [-0.15, -0.1) is 0 Å². The summed E-state index contributed by atoms with van der Waals surface area (Å²) < 4.78 is 0. The van der Waals surface area contributed by atoms with Crippen molar-refractivity contribution in [1.29, 1.82) is 0 Å². The van der Waals surface area contributed by atoms with Crippen molar-refractivity contribution in [3.63, 3.8) is 0 Å². The number of carbonyl (C=O) groups excluding carboxylic acids is 1. The molecule has 0 saturated carbocycles. The van der Waals surface area contributed by atoms with Crippen LogP contribution < -0.4 is 10.6 Å². The summed E-state index contributed by atoms with van der Waals surface area (Å²) >= 11 is 0. The molecule has 0 aliphatic carbocycles. The van der Waals surface area contributed by atoms with E-state index in [0.29, 0.717) is 6.04 Å². The third-order valence-corrected chi connectivity index (χ3v) is 3.93. The summed E-state index contributed by atoms with van der Waals surface area (Å²) in [5.41, 5.74) is 3.04. The van der Waals surface area contributed by atoms with Gasteiger partial charge in [-0.3, -0.25) is 4.79 Å². The van der Waals surface area contributed by atoms with Crippen LogP contribution in [0, 0.1) is 13.8 Å². The van der Waals surface area contributed by atoms with Gasteiger partial charge < -0.3 is 10.6 Å². The van der Waals surface area contributed by atoms with Gasteiger partial charge in [0.05, 0.1) is 0 Å². The lowest BCUT2D eigenvalue weighted by Gasteiger charge is -2.30. The molecule has 2 rings (SSSR count). The maximum absolute atomic E-state index is 12.3. The molecule has 2 N–H and O–H groups in total. The van der Waals surface area contributed by atoms with E-state index in [4.69, 9.17) is 0 Å². The molecule has 0 aromatic heterocycles. The van der Waals surface area contributed by atoms with Crippen LogP contribution in [0.2, 0.25) is 0 Å². The van der Waals surface area contributed by atoms with Crippen LogP contribution >= 0.6 is 0 Å². The minimum atomic E-state index is 0.0525. The average molecular weight is 246 g/mol. The molecule has 0 radical (unpaired) electrons. The predicted octanol–water partition coefficient (Wildman–Crippen LogP) is 2.17. The number of hydrogen-bond donors (Lipinski definition) is 2. The number of benzene rings is 1. The van der Waals surface area contributed by atoms with Gasteiger partial charge in [-0.25, -0.2) is 0 Å². The molecule has 0 unspecified atom stereocenters. The van der Waals surface area contributed by atoms with Gasteiger partial charge in [-0.2, -0.15) is 0 Å². The van der Waals surface area contributed by atoms with Crippen LogP contribution in [0.25, 0.3) is 0 Å². The summed E-state index contributed by atoms with van der Waals surface area (Å²) in [6.45, 7) is 7.23. The molecular weight excluding hydrogens is 224 g/mol. The first-order valence-corrected chi connectivity index (χ1v) is 6.70. The topological polar surface area (TPSA) is 41.1 Å². The number of hydrogen-bond acceptors (Lipinski definition) is 2. The lowest BCUT2D eigenvalue weighted by molar-refractivity contribution is 0.0919. The third-order valence-electron chi connectivity index (χ3n) is 3.93. The van der Waals surface area contributed by atoms with Crippen molar-refractivity contribution in [2.75, 3.05) is 6.54 Å². The van der Waals surface area contributed by atoms with Crippen molar-refractivity contribution < 1.29 is 4.79 Å². The molecule has 1 saturated heterocycles. The summed E-state index contributed by atoms with van der Waals surface area (Å²) in [5, 5.41) is 6.55. The highest BCUT2D eigenvalue weighted by Gasteiger charge is 2.23. The molecule has 1 aromatic carbocycles. The van der Waals surface area contributed by atoms with E-state index in [9.17, 15) is 4.79 Å². The lowest BCUT2D eigenvalue weighted by atomic mass is 9.98. The molecule has 0 bridgehead atoms. The Labute approximate surface area is 109 Å². The molecule has 3 heteroatoms. The second kappa shape index (κ2) is 5.53. The number of nitrogens with one attached hydrogen (secondary N) is 2. The molecular formula is C15H22N2O. The standard InChI is InChI=1S/C15H22N2O/c1-10-6-4-7-13(11(10)2)15(18)17-14-8-5-9-16-12(14)3/h4,6-7,12,14,16H,5,8-9H2,1-3H3,(H,17,18)/t12-,14+/m0/s1. The van der Waals surface area contributed by atoms with Gasteiger partial charge >= 0.3 is 0 Å². The van der Waals surface area contributed by atoms with E-state index in [1.807, 2.05) is 32.0 Å². The zero-order valence-electron chi connectivity index (χ0n) is 11.4. The predicted molar refractivity (Wildman–Crippen MR) is 73.9 cm³/mol. The Balaban J connectivity index is 2.09. The van der Waals surface area contributed by atoms with Gasteiger partial charge in [-0.1, -0.05) is 12.1 Å². The van der Waals surface area contributed by atoms with Gasteiger partial charge in [0.2, 0.25) is 0 Å². The first-order valence-electron chi connectivity index (χ1n) is 6.70. The minimum Gasteiger partial charge on any atom is -0.348 e. The zero-order chi connectivity index (χ0) is 13.1. The normalized spacial score (nSPS) is 23.7. The van der Waals surface area contributed by atoms with Gasteiger partial charge in [0.15, 0.2) is 0 Å². The van der Waals surface area contributed by atoms with Gasteiger partial charge in [0.1, 0.15) is 0 Å². The van der Waals surface area contributed by atoms with E-state index in [1.54, 1.807) is 0 Å². The van der Waals surface area contributed by atoms with Crippen LogP contribution in [0.4, 0.5) is 0 Å². The maximum atomic E-state index is 12.3. The smallest absolute Gasteiger partial charge is 0.251 e. The first-order chi connectivity index (χ1) is 8.59. The number of aryl methyl sites for hydroxylation is 1. The van der Waals surface area contributed by atoms with E-state index in [0.717, 1.165) is 36.1 Å². The summed E-state index contributed by atoms with van der Waals surface area (Å²) in [6.07, 6.45) is 2.19. The van der Waals surface area contributed by atoms with Crippen molar-refractivity contribution in [3.05, 3.63) is 34.9 Å². The fourth-order valence-electron chi connectivity index (χ4n) is 2.48. The van der Waals surface area contributed by atoms with Crippen LogP contribution in [0.3, 0.4) is 0 Å². The maximum Gasteiger partial charge on any atom is 0.251 e. The first kappa shape index (κ1) is 13.1. The second-order valence-corrected chi connectivity index (χ2v) is 5.21. The summed E-state index contributed by atoms with van der Waals surface area (Å²) in [7, 11) is 0. The highest BCUT2D eigenvalue weighted by molar-refractivity contribution is 5.96. The Hall–Kier alpha value is -1.35. The van der Waals surface area contributed by atoms with E-state index >= 15 is 0 Å². The van der Waals surface area contributed by atoms with Gasteiger partial charge in [0.25, 0.3) is 5.91 Å². The van der Waals surface area contributed by atoms with Crippen LogP contribution in [-0.2, 0) is 0 Å². The van der Waals surface area contributed by atoms with Crippen LogP contribution in [0.15, 0.2) is 18.2 Å². The largest absolute Gasteiger partial charge is 0.348 e. The molecule has 1 aliphatic rings. The summed E-state index contributed by atoms with van der Waals surface area (Å²) in [4.78, 5) is 12.3. The Morgan fingerprint density at radius 1 is 1.39 bits per heavy atom.